The summed E-state index contributed by atoms with van der Waals surface area (Å²) in [7, 11) is 0. The van der Waals surface area contributed by atoms with Gasteiger partial charge in [-0.2, -0.15) is 0 Å². The van der Waals surface area contributed by atoms with Crippen LogP contribution < -0.4 is 0 Å². The van der Waals surface area contributed by atoms with Crippen LogP contribution in [0.3, 0.4) is 0 Å². The number of nitrogens with zero attached hydrogens (tertiary/aromatic N) is 1. The van der Waals surface area contributed by atoms with Crippen LogP contribution in [0.1, 0.15) is 44.5 Å². The summed E-state index contributed by atoms with van der Waals surface area (Å²) in [5, 5.41) is 1.34. The molecule has 0 fully saturated rings. The zero-order chi connectivity index (χ0) is 12.2. The van der Waals surface area contributed by atoms with Crippen LogP contribution in [-0.4, -0.2) is 22.7 Å². The third kappa shape index (κ3) is 8.77. The van der Waals surface area contributed by atoms with E-state index in [1.54, 1.807) is 0 Å². The first-order chi connectivity index (χ1) is 7.74. The Kier molecular flexibility index (Phi) is 10.6. The summed E-state index contributed by atoms with van der Waals surface area (Å²) in [6.07, 6.45) is 7.96. The van der Waals surface area contributed by atoms with Gasteiger partial charge in [-0.15, -0.1) is 0 Å². The van der Waals surface area contributed by atoms with Crippen molar-refractivity contribution >= 4 is 23.8 Å². The second-order valence-corrected chi connectivity index (χ2v) is 3.87. The van der Waals surface area contributed by atoms with Crippen molar-refractivity contribution in [2.75, 3.05) is 0 Å². The third-order valence-corrected chi connectivity index (χ3v) is 2.14. The van der Waals surface area contributed by atoms with Gasteiger partial charge in [0.2, 0.25) is 0 Å². The number of pyridine rings is 1. The van der Waals surface area contributed by atoms with Crippen molar-refractivity contribution in [2.24, 2.45) is 0 Å². The average Bonchev–Trinajstić information content (AvgIpc) is 2.28. The molecule has 2 heteroatoms. The molecular formula is C14H22LiN. The molecule has 0 unspecified atom stereocenters. The van der Waals surface area contributed by atoms with E-state index in [0.717, 1.165) is 17.8 Å². The number of aromatic nitrogens is 1. The van der Waals surface area contributed by atoms with Gasteiger partial charge < -0.3 is 0 Å². The molecule has 0 aromatic carbocycles. The van der Waals surface area contributed by atoms with E-state index in [4.69, 9.17) is 0 Å². The van der Waals surface area contributed by atoms with Crippen molar-refractivity contribution in [1.29, 1.82) is 0 Å². The Balaban J connectivity index is 0.000000385. The summed E-state index contributed by atoms with van der Waals surface area (Å²) in [6.45, 7) is 6.33. The summed E-state index contributed by atoms with van der Waals surface area (Å²) in [4.78, 5) is 4.32. The standard InChI is InChI=1S/C10H13N.C4H9.Li/c1-3-4-7-10-8-5-6-9(2)11-10;1-3-4-2;/h4-8H,3H2,1-2H3;1,3-4H2,2H3;/b7-4+;;. The van der Waals surface area contributed by atoms with Crippen LogP contribution in [0.25, 0.3) is 6.08 Å². The van der Waals surface area contributed by atoms with Crippen molar-refractivity contribution in [1.82, 2.24) is 4.98 Å². The van der Waals surface area contributed by atoms with Crippen molar-refractivity contribution in [2.45, 2.75) is 45.1 Å². The zero-order valence-electron chi connectivity index (χ0n) is 11.2. The van der Waals surface area contributed by atoms with Crippen molar-refractivity contribution in [3.8, 4) is 0 Å². The van der Waals surface area contributed by atoms with Gasteiger partial charge in [0.05, 0.1) is 5.69 Å². The van der Waals surface area contributed by atoms with E-state index >= 15 is 0 Å². The number of aryl methyl sites for hydroxylation is 1. The van der Waals surface area contributed by atoms with Gasteiger partial charge in [0.15, 0.2) is 0 Å². The Hall–Kier alpha value is -0.513. The molecule has 1 aromatic rings. The third-order valence-electron chi connectivity index (χ3n) is 2.14. The molecular weight excluding hydrogens is 189 g/mol. The Labute approximate surface area is 110 Å². The Morgan fingerprint density at radius 3 is 2.50 bits per heavy atom. The molecule has 1 rings (SSSR count). The van der Waals surface area contributed by atoms with Gasteiger partial charge >= 0.3 is 42.6 Å². The number of unbranched alkanes of at least 4 members (excludes halogenated alkanes) is 1. The van der Waals surface area contributed by atoms with Crippen LogP contribution in [0, 0.1) is 6.92 Å². The van der Waals surface area contributed by atoms with E-state index in [2.05, 4.69) is 42.6 Å². The van der Waals surface area contributed by atoms with Gasteiger partial charge in [0.1, 0.15) is 0 Å². The maximum atomic E-state index is 4.32. The van der Waals surface area contributed by atoms with Crippen molar-refractivity contribution < 1.29 is 0 Å². The van der Waals surface area contributed by atoms with Crippen molar-refractivity contribution in [3.63, 3.8) is 0 Å². The molecule has 0 amide bonds. The molecule has 0 spiro atoms. The van der Waals surface area contributed by atoms with Gasteiger partial charge in [0.25, 0.3) is 0 Å². The molecule has 1 aromatic heterocycles. The summed E-state index contributed by atoms with van der Waals surface area (Å²) < 4.78 is 0. The molecule has 0 bridgehead atoms. The predicted molar refractivity (Wildman–Crippen MR) is 73.8 cm³/mol. The van der Waals surface area contributed by atoms with Gasteiger partial charge in [-0.25, -0.2) is 0 Å². The maximum absolute atomic E-state index is 4.32. The number of hydrogen-bond acceptors (Lipinski definition) is 1. The van der Waals surface area contributed by atoms with E-state index in [-0.39, 0.29) is 0 Å². The Morgan fingerprint density at radius 2 is 2.06 bits per heavy atom. The van der Waals surface area contributed by atoms with E-state index in [0.29, 0.717) is 0 Å². The molecule has 1 heterocycles. The molecule has 0 radical (unpaired) electrons. The molecule has 0 atom stereocenters. The summed E-state index contributed by atoms with van der Waals surface area (Å²) in [5.41, 5.74) is 2.12. The van der Waals surface area contributed by atoms with Gasteiger partial charge in [-0.3, -0.25) is 4.98 Å². The second kappa shape index (κ2) is 11.0. The van der Waals surface area contributed by atoms with Crippen molar-refractivity contribution in [3.05, 3.63) is 35.7 Å². The van der Waals surface area contributed by atoms with E-state index in [9.17, 15) is 0 Å². The predicted octanol–water partition coefficient (Wildman–Crippen LogP) is 4.19. The molecule has 0 aliphatic rings. The zero-order valence-corrected chi connectivity index (χ0v) is 11.2. The fourth-order valence-corrected chi connectivity index (χ4v) is 1.25. The SMILES string of the molecule is CC/C=C/c1cccc(C)n1.[Li][CH2]CCC. The van der Waals surface area contributed by atoms with Crippen LogP contribution in [0.4, 0.5) is 0 Å². The fourth-order valence-electron chi connectivity index (χ4n) is 1.25. The first kappa shape index (κ1) is 15.5. The van der Waals surface area contributed by atoms with E-state index in [1.165, 1.54) is 17.9 Å². The molecule has 0 aliphatic carbocycles. The summed E-state index contributed by atoms with van der Waals surface area (Å²) in [5.74, 6) is 0. The van der Waals surface area contributed by atoms with Crippen LogP contribution >= 0.6 is 0 Å². The monoisotopic (exact) mass is 211 g/mol. The summed E-state index contributed by atoms with van der Waals surface area (Å²) >= 11 is 2.21. The molecule has 16 heavy (non-hydrogen) atoms. The number of rotatable bonds is 4. The van der Waals surface area contributed by atoms with Gasteiger partial charge in [0, 0.05) is 5.69 Å². The van der Waals surface area contributed by atoms with Crippen LogP contribution in [0.5, 0.6) is 0 Å². The molecule has 0 saturated heterocycles. The second-order valence-electron chi connectivity index (χ2n) is 3.87. The fraction of sp³-hybridized carbons (Fsp3) is 0.500. The quantitative estimate of drug-likeness (QED) is 0.680. The normalized spacial score (nSPS) is 10.1. The van der Waals surface area contributed by atoms with E-state index in [1.807, 2.05) is 31.2 Å². The van der Waals surface area contributed by atoms with Crippen LogP contribution in [0.2, 0.25) is 5.09 Å². The van der Waals surface area contributed by atoms with Crippen LogP contribution in [-0.2, 0) is 0 Å². The molecule has 0 aliphatic heterocycles. The minimum atomic E-state index is 1.05. The first-order valence-electron chi connectivity index (χ1n) is 6.34. The van der Waals surface area contributed by atoms with Gasteiger partial charge in [-0.05, 0) is 31.6 Å². The topological polar surface area (TPSA) is 12.9 Å². The number of hydrogen-bond donors (Lipinski definition) is 0. The number of allylic oxidation sites excluding steroid dienone is 1. The molecule has 0 saturated carbocycles. The van der Waals surface area contributed by atoms with E-state index < -0.39 is 0 Å². The Bertz CT molecular complexity index is 293. The summed E-state index contributed by atoms with van der Waals surface area (Å²) in [6, 6.07) is 6.04. The minimum absolute atomic E-state index is 1.05. The molecule has 1 nitrogen and oxygen atoms in total. The Morgan fingerprint density at radius 1 is 1.31 bits per heavy atom. The van der Waals surface area contributed by atoms with Crippen LogP contribution in [0.15, 0.2) is 24.3 Å². The van der Waals surface area contributed by atoms with Gasteiger partial charge in [-0.1, -0.05) is 19.1 Å². The average molecular weight is 211 g/mol. The first-order valence-corrected chi connectivity index (χ1v) is 6.34. The molecule has 0 N–H and O–H groups in total. The molecule has 84 valence electrons.